The third kappa shape index (κ3) is 5.58. The Labute approximate surface area is 234 Å². The summed E-state index contributed by atoms with van der Waals surface area (Å²) in [5.41, 5.74) is 13.3. The van der Waals surface area contributed by atoms with E-state index < -0.39 is 0 Å². The van der Waals surface area contributed by atoms with Gasteiger partial charge < -0.3 is 20.9 Å². The SMILES string of the molecule is NC1Cc2ccccc2C1.O=C(NC1CCc2ccccc21)N1CCN(c2ccnc3cc(Cl)ccc23)CC1. The lowest BCUT2D eigenvalue weighted by atomic mass is 10.1. The molecule has 200 valence electrons. The molecule has 1 unspecified atom stereocenters. The van der Waals surface area contributed by atoms with Gasteiger partial charge in [-0.2, -0.15) is 0 Å². The maximum Gasteiger partial charge on any atom is 0.318 e. The number of urea groups is 1. The van der Waals surface area contributed by atoms with E-state index in [2.05, 4.69) is 57.7 Å². The third-order valence-electron chi connectivity index (χ3n) is 8.10. The highest BCUT2D eigenvalue weighted by molar-refractivity contribution is 6.31. The number of nitrogens with one attached hydrogen (secondary N) is 1. The molecule has 7 rings (SSSR count). The summed E-state index contributed by atoms with van der Waals surface area (Å²) in [4.78, 5) is 21.5. The predicted molar refractivity (Wildman–Crippen MR) is 158 cm³/mol. The number of nitrogens with zero attached hydrogens (tertiary/aromatic N) is 3. The Kier molecular flexibility index (Phi) is 7.40. The molecular weight excluding hydrogens is 506 g/mol. The van der Waals surface area contributed by atoms with Crippen molar-refractivity contribution in [1.29, 1.82) is 0 Å². The van der Waals surface area contributed by atoms with E-state index in [1.165, 1.54) is 22.3 Å². The molecule has 2 aliphatic carbocycles. The monoisotopic (exact) mass is 539 g/mol. The second kappa shape index (κ2) is 11.2. The van der Waals surface area contributed by atoms with E-state index in [0.29, 0.717) is 24.2 Å². The van der Waals surface area contributed by atoms with Gasteiger partial charge in [0.15, 0.2) is 0 Å². The zero-order valence-electron chi connectivity index (χ0n) is 22.0. The van der Waals surface area contributed by atoms with Crippen LogP contribution < -0.4 is 16.0 Å². The lowest BCUT2D eigenvalue weighted by Crippen LogP contribution is -2.52. The van der Waals surface area contributed by atoms with Crippen molar-refractivity contribution in [3.63, 3.8) is 0 Å². The normalized spacial score (nSPS) is 18.4. The summed E-state index contributed by atoms with van der Waals surface area (Å²) < 4.78 is 0. The maximum absolute atomic E-state index is 12.8. The minimum atomic E-state index is 0.0396. The van der Waals surface area contributed by atoms with Crippen LogP contribution in [-0.2, 0) is 19.3 Å². The van der Waals surface area contributed by atoms with Gasteiger partial charge in [-0.15, -0.1) is 0 Å². The number of halogens is 1. The first-order valence-corrected chi connectivity index (χ1v) is 14.2. The Bertz CT molecular complexity index is 1460. The van der Waals surface area contributed by atoms with Crippen LogP contribution in [0.25, 0.3) is 10.9 Å². The van der Waals surface area contributed by atoms with Gasteiger partial charge >= 0.3 is 6.03 Å². The number of benzene rings is 3. The molecule has 0 bridgehead atoms. The van der Waals surface area contributed by atoms with Gasteiger partial charge in [0, 0.05) is 54.5 Å². The molecular formula is C32H34ClN5O. The van der Waals surface area contributed by atoms with Gasteiger partial charge in [0.25, 0.3) is 0 Å². The summed E-state index contributed by atoms with van der Waals surface area (Å²) in [6.45, 7) is 3.02. The highest BCUT2D eigenvalue weighted by Crippen LogP contribution is 2.31. The van der Waals surface area contributed by atoms with Gasteiger partial charge in [0.1, 0.15) is 0 Å². The molecule has 6 nitrogen and oxygen atoms in total. The number of fused-ring (bicyclic) bond motifs is 3. The Hall–Kier alpha value is -3.61. The van der Waals surface area contributed by atoms with E-state index in [1.807, 2.05) is 41.4 Å². The summed E-state index contributed by atoms with van der Waals surface area (Å²) in [6.07, 6.45) is 5.97. The van der Waals surface area contributed by atoms with Crippen molar-refractivity contribution in [3.8, 4) is 0 Å². The van der Waals surface area contributed by atoms with E-state index in [0.717, 1.165) is 55.4 Å². The molecule has 7 heteroatoms. The van der Waals surface area contributed by atoms with Crippen LogP contribution in [0, 0.1) is 0 Å². The van der Waals surface area contributed by atoms with Crippen molar-refractivity contribution in [2.45, 2.75) is 37.8 Å². The number of nitrogens with two attached hydrogens (primary N) is 1. The Morgan fingerprint density at radius 1 is 0.897 bits per heavy atom. The summed E-state index contributed by atoms with van der Waals surface area (Å²) in [5.74, 6) is 0. The van der Waals surface area contributed by atoms with Crippen LogP contribution in [-0.4, -0.2) is 48.1 Å². The van der Waals surface area contributed by atoms with Crippen LogP contribution in [0.4, 0.5) is 10.5 Å². The van der Waals surface area contributed by atoms with Gasteiger partial charge in [-0.25, -0.2) is 4.79 Å². The van der Waals surface area contributed by atoms with Gasteiger partial charge in [0.2, 0.25) is 0 Å². The molecule has 2 amide bonds. The second-order valence-corrected chi connectivity index (χ2v) is 11.1. The number of rotatable bonds is 2. The smallest absolute Gasteiger partial charge is 0.318 e. The van der Waals surface area contributed by atoms with E-state index in [-0.39, 0.29) is 12.1 Å². The number of carbonyl (C=O) groups is 1. The summed E-state index contributed by atoms with van der Waals surface area (Å²) in [7, 11) is 0. The highest BCUT2D eigenvalue weighted by atomic mass is 35.5. The van der Waals surface area contributed by atoms with Crippen molar-refractivity contribution in [1.82, 2.24) is 15.2 Å². The van der Waals surface area contributed by atoms with Crippen LogP contribution in [0.15, 0.2) is 79.0 Å². The van der Waals surface area contributed by atoms with Gasteiger partial charge in [-0.05, 0) is 72.2 Å². The highest BCUT2D eigenvalue weighted by Gasteiger charge is 2.27. The van der Waals surface area contributed by atoms with E-state index >= 15 is 0 Å². The van der Waals surface area contributed by atoms with Crippen LogP contribution in [0.5, 0.6) is 0 Å². The number of hydrogen-bond acceptors (Lipinski definition) is 4. The predicted octanol–water partition coefficient (Wildman–Crippen LogP) is 5.52. The molecule has 0 spiro atoms. The van der Waals surface area contributed by atoms with Crippen molar-refractivity contribution < 1.29 is 4.79 Å². The molecule has 1 atom stereocenters. The molecule has 1 fully saturated rings. The van der Waals surface area contributed by atoms with Crippen molar-refractivity contribution in [3.05, 3.63) is 106 Å². The number of hydrogen-bond donors (Lipinski definition) is 2. The maximum atomic E-state index is 12.8. The summed E-state index contributed by atoms with van der Waals surface area (Å²) in [5, 5.41) is 5.03. The zero-order valence-corrected chi connectivity index (χ0v) is 22.8. The lowest BCUT2D eigenvalue weighted by molar-refractivity contribution is 0.190. The molecule has 1 aromatic heterocycles. The fourth-order valence-electron chi connectivity index (χ4n) is 6.07. The minimum Gasteiger partial charge on any atom is -0.367 e. The molecule has 4 aromatic rings. The first-order chi connectivity index (χ1) is 19.0. The average molecular weight is 540 g/mol. The average Bonchev–Trinajstić information content (AvgIpc) is 3.55. The van der Waals surface area contributed by atoms with E-state index in [4.69, 9.17) is 17.3 Å². The molecule has 3 N–H and O–H groups in total. The van der Waals surface area contributed by atoms with E-state index in [1.54, 1.807) is 0 Å². The molecule has 2 heterocycles. The van der Waals surface area contributed by atoms with Crippen molar-refractivity contribution >= 4 is 34.2 Å². The molecule has 3 aromatic carbocycles. The van der Waals surface area contributed by atoms with Gasteiger partial charge in [-0.3, -0.25) is 4.98 Å². The largest absolute Gasteiger partial charge is 0.367 e. The Morgan fingerprint density at radius 3 is 2.33 bits per heavy atom. The summed E-state index contributed by atoms with van der Waals surface area (Å²) >= 11 is 6.11. The van der Waals surface area contributed by atoms with Crippen molar-refractivity contribution in [2.24, 2.45) is 5.73 Å². The first kappa shape index (κ1) is 25.7. The molecule has 3 aliphatic rings. The molecule has 0 saturated carbocycles. The number of carbonyl (C=O) groups excluding carboxylic acids is 1. The van der Waals surface area contributed by atoms with Gasteiger partial charge in [0.05, 0.1) is 11.6 Å². The van der Waals surface area contributed by atoms with Crippen molar-refractivity contribution in [2.75, 3.05) is 31.1 Å². The first-order valence-electron chi connectivity index (χ1n) is 13.8. The number of piperazine rings is 1. The van der Waals surface area contributed by atoms with Crippen LogP contribution in [0.3, 0.4) is 0 Å². The second-order valence-electron chi connectivity index (χ2n) is 10.6. The summed E-state index contributed by atoms with van der Waals surface area (Å²) in [6, 6.07) is 25.3. The standard InChI is InChI=1S/C23H23ClN4O.C9H11N/c24-17-6-7-19-21(15-17)25-10-9-22(19)27-11-13-28(14-12-27)23(29)26-20-8-5-16-3-1-2-4-18(16)20;10-9-5-7-3-1-2-4-8(7)6-9/h1-4,6-7,9-10,15,20H,5,8,11-14H2,(H,26,29);1-4,9H,5-6,10H2. The van der Waals surface area contributed by atoms with Gasteiger partial charge in [-0.1, -0.05) is 60.1 Å². The minimum absolute atomic E-state index is 0.0396. The van der Waals surface area contributed by atoms with Crippen LogP contribution >= 0.6 is 11.6 Å². The topological polar surface area (TPSA) is 74.5 Å². The number of amides is 2. The Morgan fingerprint density at radius 2 is 1.59 bits per heavy atom. The number of aromatic nitrogens is 1. The van der Waals surface area contributed by atoms with E-state index in [9.17, 15) is 4.79 Å². The lowest BCUT2D eigenvalue weighted by Gasteiger charge is -2.37. The quantitative estimate of drug-likeness (QED) is 0.352. The van der Waals surface area contributed by atoms with Crippen LogP contribution in [0.1, 0.15) is 34.7 Å². The fraction of sp³-hybridized carbons (Fsp3) is 0.312. The number of anilines is 1. The fourth-order valence-corrected chi connectivity index (χ4v) is 6.24. The Balaban J connectivity index is 0.000000231. The molecule has 0 radical (unpaired) electrons. The molecule has 1 aliphatic heterocycles. The third-order valence-corrected chi connectivity index (χ3v) is 8.34. The van der Waals surface area contributed by atoms with Crippen LogP contribution in [0.2, 0.25) is 5.02 Å². The zero-order chi connectivity index (χ0) is 26.8. The number of pyridine rings is 1. The molecule has 39 heavy (non-hydrogen) atoms. The number of aryl methyl sites for hydroxylation is 1. The molecule has 1 saturated heterocycles.